The Balaban J connectivity index is 0.00000182. The van der Waals surface area contributed by atoms with Gasteiger partial charge < -0.3 is 0 Å². The molecule has 2 heterocycles. The average molecular weight is 398 g/mol. The zero-order valence-electron chi connectivity index (χ0n) is 13.2. The first-order valence-corrected chi connectivity index (χ1v) is 7.67. The van der Waals surface area contributed by atoms with Crippen LogP contribution in [0.5, 0.6) is 0 Å². The predicted octanol–water partition coefficient (Wildman–Crippen LogP) is 4.28. The molecule has 124 valence electrons. The Bertz CT molecular complexity index is 1060. The monoisotopic (exact) mass is 397 g/mol. The van der Waals surface area contributed by atoms with Gasteiger partial charge in [0.05, 0.1) is 0 Å². The smallest absolute Gasteiger partial charge is 0.239 e. The number of rotatable bonds is 3. The van der Waals surface area contributed by atoms with Crippen LogP contribution < -0.4 is 4.57 Å². The Morgan fingerprint density at radius 1 is 0.960 bits per heavy atom. The number of fused-ring (bicyclic) bond motifs is 3. The third kappa shape index (κ3) is 3.28. The molecule has 0 unspecified atom stereocenters. The number of carbonyl (C=O) groups excluding carboxylic acids is 1. The number of ketones is 1. The first-order valence-electron chi connectivity index (χ1n) is 7.67. The lowest BCUT2D eigenvalue weighted by molar-refractivity contribution is -0.656. The molecule has 0 fully saturated rings. The van der Waals surface area contributed by atoms with Crippen molar-refractivity contribution in [1.82, 2.24) is 4.98 Å². The Hall–Kier alpha value is -2.66. The quantitative estimate of drug-likeness (QED) is 0.293. The molecule has 0 aliphatic heterocycles. The van der Waals surface area contributed by atoms with Crippen molar-refractivity contribution in [2.45, 2.75) is 6.54 Å². The van der Waals surface area contributed by atoms with Gasteiger partial charge in [-0.2, -0.15) is 4.57 Å². The molecule has 25 heavy (non-hydrogen) atoms. The van der Waals surface area contributed by atoms with E-state index in [1.807, 2.05) is 47.2 Å². The topological polar surface area (TPSA) is 33.8 Å². The number of carbonyl (C=O) groups is 1. The molecular weight excluding hydrogens is 383 g/mol. The average Bonchev–Trinajstić information content (AvgIpc) is 2.62. The summed E-state index contributed by atoms with van der Waals surface area (Å²) in [6, 6.07) is 17.5. The largest absolute Gasteiger partial charge is 0.287 e. The highest BCUT2D eigenvalue weighted by Gasteiger charge is 2.18. The van der Waals surface area contributed by atoms with Crippen molar-refractivity contribution >= 4 is 44.6 Å². The third-order valence-corrected chi connectivity index (χ3v) is 4.09. The van der Waals surface area contributed by atoms with Crippen LogP contribution in [0.25, 0.3) is 21.8 Å². The van der Waals surface area contributed by atoms with E-state index in [1.54, 1.807) is 6.20 Å². The van der Waals surface area contributed by atoms with Gasteiger partial charge in [-0.3, -0.25) is 4.79 Å². The van der Waals surface area contributed by atoms with E-state index in [-0.39, 0.29) is 35.1 Å². The number of pyridine rings is 2. The molecule has 2 aromatic heterocycles. The number of Topliss-reactive ketones (excluding diaryl/α,β-unsaturated/α-hetero) is 1. The zero-order valence-corrected chi connectivity index (χ0v) is 14.9. The van der Waals surface area contributed by atoms with Crippen LogP contribution in [0.2, 0.25) is 0 Å². The second kappa shape index (κ2) is 7.07. The maximum absolute atomic E-state index is 13.0. The van der Waals surface area contributed by atoms with E-state index in [0.717, 1.165) is 21.8 Å². The van der Waals surface area contributed by atoms with E-state index in [4.69, 9.17) is 0 Å². The number of benzene rings is 2. The van der Waals surface area contributed by atoms with Crippen LogP contribution in [0.1, 0.15) is 10.4 Å². The highest BCUT2D eigenvalue weighted by molar-refractivity contribution is 8.93. The lowest BCUT2D eigenvalue weighted by Crippen LogP contribution is -2.38. The molecule has 0 amide bonds. The van der Waals surface area contributed by atoms with Crippen molar-refractivity contribution in [1.29, 1.82) is 0 Å². The summed E-state index contributed by atoms with van der Waals surface area (Å²) in [7, 11) is 0. The lowest BCUT2D eigenvalue weighted by atomic mass is 10.1. The second-order valence-electron chi connectivity index (χ2n) is 5.64. The van der Waals surface area contributed by atoms with Crippen LogP contribution >= 0.6 is 17.0 Å². The van der Waals surface area contributed by atoms with Gasteiger partial charge in [0.2, 0.25) is 17.8 Å². The minimum Gasteiger partial charge on any atom is -0.287 e. The van der Waals surface area contributed by atoms with E-state index in [9.17, 15) is 9.18 Å². The SMILES string of the molecule is Br.O=C(C[n+]1cccc2ccc3cccnc3c21)c1ccc(F)cc1. The van der Waals surface area contributed by atoms with Gasteiger partial charge in [-0.15, -0.1) is 17.0 Å². The minimum atomic E-state index is -0.348. The molecule has 3 nitrogen and oxygen atoms in total. The van der Waals surface area contributed by atoms with Crippen LogP contribution in [0.15, 0.2) is 73.1 Å². The summed E-state index contributed by atoms with van der Waals surface area (Å²) in [4.78, 5) is 17.0. The fourth-order valence-corrected chi connectivity index (χ4v) is 2.92. The molecule has 0 bridgehead atoms. The summed E-state index contributed by atoms with van der Waals surface area (Å²) in [6.07, 6.45) is 3.62. The summed E-state index contributed by atoms with van der Waals surface area (Å²) in [6.45, 7) is 0.179. The molecule has 0 aliphatic carbocycles. The molecule has 4 aromatic rings. The van der Waals surface area contributed by atoms with Crippen LogP contribution in [-0.4, -0.2) is 10.8 Å². The van der Waals surface area contributed by atoms with E-state index < -0.39 is 0 Å². The highest BCUT2D eigenvalue weighted by atomic mass is 79.9. The standard InChI is InChI=1S/C20H14FN2O.BrH/c21-17-9-7-14(8-10-17)18(24)13-23-12-2-4-16-6-5-15-3-1-11-22-19(15)20(16)23;/h1-12H,13H2;1H/q+1;. The van der Waals surface area contributed by atoms with Crippen molar-refractivity contribution in [3.05, 3.63) is 84.4 Å². The van der Waals surface area contributed by atoms with Gasteiger partial charge in [-0.05, 0) is 42.5 Å². The number of halogens is 2. The van der Waals surface area contributed by atoms with Crippen LogP contribution in [-0.2, 0) is 6.54 Å². The Labute approximate surface area is 154 Å². The minimum absolute atomic E-state index is 0. The van der Waals surface area contributed by atoms with E-state index >= 15 is 0 Å². The number of hydrogen-bond acceptors (Lipinski definition) is 2. The fourth-order valence-electron chi connectivity index (χ4n) is 2.92. The third-order valence-electron chi connectivity index (χ3n) is 4.09. The zero-order chi connectivity index (χ0) is 16.5. The van der Waals surface area contributed by atoms with Crippen LogP contribution in [0.3, 0.4) is 0 Å². The lowest BCUT2D eigenvalue weighted by Gasteiger charge is -2.04. The van der Waals surface area contributed by atoms with Crippen molar-refractivity contribution in [3.63, 3.8) is 0 Å². The molecular formula is C20H15BrFN2O+. The van der Waals surface area contributed by atoms with Gasteiger partial charge in [0, 0.05) is 28.6 Å². The summed E-state index contributed by atoms with van der Waals surface area (Å²) in [5.41, 5.74) is 2.28. The molecule has 0 aliphatic rings. The Morgan fingerprint density at radius 3 is 2.48 bits per heavy atom. The number of aromatic nitrogens is 2. The van der Waals surface area contributed by atoms with Crippen molar-refractivity contribution in [2.24, 2.45) is 0 Å². The molecule has 4 rings (SSSR count). The summed E-state index contributed by atoms with van der Waals surface area (Å²) < 4.78 is 14.9. The molecule has 0 spiro atoms. The molecule has 0 N–H and O–H groups in total. The Kier molecular flexibility index (Phi) is 4.86. The molecule has 0 saturated carbocycles. The van der Waals surface area contributed by atoms with Crippen LogP contribution in [0.4, 0.5) is 4.39 Å². The first-order chi connectivity index (χ1) is 11.7. The van der Waals surface area contributed by atoms with Crippen LogP contribution in [0, 0.1) is 5.82 Å². The highest BCUT2D eigenvalue weighted by Crippen LogP contribution is 2.20. The first kappa shape index (κ1) is 17.2. The van der Waals surface area contributed by atoms with Crippen molar-refractivity contribution in [2.75, 3.05) is 0 Å². The van der Waals surface area contributed by atoms with Gasteiger partial charge in [0.15, 0.2) is 6.20 Å². The summed E-state index contributed by atoms with van der Waals surface area (Å²) in [5, 5.41) is 2.05. The summed E-state index contributed by atoms with van der Waals surface area (Å²) >= 11 is 0. The second-order valence-corrected chi connectivity index (χ2v) is 5.64. The molecule has 5 heteroatoms. The van der Waals surface area contributed by atoms with Crippen molar-refractivity contribution < 1.29 is 13.8 Å². The van der Waals surface area contributed by atoms with E-state index in [2.05, 4.69) is 4.98 Å². The predicted molar refractivity (Wildman–Crippen MR) is 100 cm³/mol. The number of hydrogen-bond donors (Lipinski definition) is 0. The van der Waals surface area contributed by atoms with Gasteiger partial charge in [-0.25, -0.2) is 9.37 Å². The summed E-state index contributed by atoms with van der Waals surface area (Å²) in [5.74, 6) is -0.417. The van der Waals surface area contributed by atoms with E-state index in [0.29, 0.717) is 5.56 Å². The van der Waals surface area contributed by atoms with Gasteiger partial charge in [0.25, 0.3) is 0 Å². The van der Waals surface area contributed by atoms with E-state index in [1.165, 1.54) is 24.3 Å². The molecule has 0 saturated heterocycles. The van der Waals surface area contributed by atoms with Gasteiger partial charge in [0.1, 0.15) is 11.3 Å². The molecule has 0 atom stereocenters. The normalized spacial score (nSPS) is 10.6. The number of nitrogens with zero attached hydrogens (tertiary/aromatic N) is 2. The van der Waals surface area contributed by atoms with Gasteiger partial charge in [-0.1, -0.05) is 12.1 Å². The van der Waals surface area contributed by atoms with Crippen molar-refractivity contribution in [3.8, 4) is 0 Å². The van der Waals surface area contributed by atoms with Gasteiger partial charge >= 0.3 is 0 Å². The Morgan fingerprint density at radius 2 is 1.68 bits per heavy atom. The molecule has 2 aromatic carbocycles. The maximum Gasteiger partial charge on any atom is 0.239 e. The fraction of sp³-hybridized carbons (Fsp3) is 0.0500. The maximum atomic E-state index is 13.0. The molecule has 0 radical (unpaired) electrons.